The molecule has 0 aromatic heterocycles. The van der Waals surface area contributed by atoms with Gasteiger partial charge in [-0.1, -0.05) is 42.5 Å². The number of sulfonamides is 1. The molecule has 1 saturated heterocycles. The SMILES string of the molecule is O=S(=O)(NCCc1ccc(N2CCNCC2)c2ccccc12)c1ccccc1F. The zero-order valence-electron chi connectivity index (χ0n) is 16.1. The van der Waals surface area contributed by atoms with Crippen molar-refractivity contribution in [1.82, 2.24) is 10.0 Å². The summed E-state index contributed by atoms with van der Waals surface area (Å²) in [5.41, 5.74) is 2.27. The van der Waals surface area contributed by atoms with Crippen molar-refractivity contribution in [2.75, 3.05) is 37.6 Å². The molecule has 7 heteroatoms. The molecule has 0 aliphatic carbocycles. The molecule has 1 heterocycles. The molecule has 1 fully saturated rings. The highest BCUT2D eigenvalue weighted by Crippen LogP contribution is 2.30. The molecular formula is C22H24FN3O2S. The van der Waals surface area contributed by atoms with E-state index in [0.29, 0.717) is 6.42 Å². The molecular weight excluding hydrogens is 389 g/mol. The second kappa shape index (κ2) is 8.49. The van der Waals surface area contributed by atoms with Gasteiger partial charge in [-0.2, -0.15) is 0 Å². The minimum absolute atomic E-state index is 0.202. The van der Waals surface area contributed by atoms with Crippen LogP contribution in [0.1, 0.15) is 5.56 Å². The average molecular weight is 414 g/mol. The second-order valence-electron chi connectivity index (χ2n) is 7.10. The highest BCUT2D eigenvalue weighted by atomic mass is 32.2. The first-order valence-electron chi connectivity index (χ1n) is 9.77. The molecule has 5 nitrogen and oxygen atoms in total. The predicted octanol–water partition coefficient (Wildman–Crippen LogP) is 2.91. The number of halogens is 1. The van der Waals surface area contributed by atoms with E-state index in [-0.39, 0.29) is 11.4 Å². The number of fused-ring (bicyclic) bond motifs is 1. The van der Waals surface area contributed by atoms with Gasteiger partial charge in [-0.3, -0.25) is 0 Å². The van der Waals surface area contributed by atoms with Gasteiger partial charge in [-0.15, -0.1) is 0 Å². The van der Waals surface area contributed by atoms with Gasteiger partial charge in [0.25, 0.3) is 0 Å². The lowest BCUT2D eigenvalue weighted by Crippen LogP contribution is -2.43. The maximum atomic E-state index is 13.8. The van der Waals surface area contributed by atoms with Crippen molar-refractivity contribution in [3.63, 3.8) is 0 Å². The van der Waals surface area contributed by atoms with Gasteiger partial charge in [-0.05, 0) is 35.6 Å². The lowest BCUT2D eigenvalue weighted by Gasteiger charge is -2.30. The van der Waals surface area contributed by atoms with Gasteiger partial charge in [0.2, 0.25) is 10.0 Å². The van der Waals surface area contributed by atoms with Crippen LogP contribution >= 0.6 is 0 Å². The zero-order valence-corrected chi connectivity index (χ0v) is 16.9. The number of nitrogens with one attached hydrogen (secondary N) is 2. The zero-order chi connectivity index (χ0) is 20.3. The number of rotatable bonds is 6. The maximum absolute atomic E-state index is 13.8. The van der Waals surface area contributed by atoms with E-state index < -0.39 is 15.8 Å². The van der Waals surface area contributed by atoms with Crippen LogP contribution in [0.15, 0.2) is 65.6 Å². The van der Waals surface area contributed by atoms with Crippen LogP contribution in [-0.4, -0.2) is 41.1 Å². The van der Waals surface area contributed by atoms with E-state index in [0.717, 1.165) is 43.2 Å². The summed E-state index contributed by atoms with van der Waals surface area (Å²) in [5.74, 6) is -0.745. The molecule has 0 atom stereocenters. The van der Waals surface area contributed by atoms with Gasteiger partial charge in [0.1, 0.15) is 10.7 Å². The Morgan fingerprint density at radius 1 is 0.931 bits per heavy atom. The summed E-state index contributed by atoms with van der Waals surface area (Å²) in [6, 6.07) is 17.8. The Labute approximate surface area is 170 Å². The van der Waals surface area contributed by atoms with Crippen LogP contribution in [0.25, 0.3) is 10.8 Å². The molecule has 0 spiro atoms. The van der Waals surface area contributed by atoms with E-state index in [1.54, 1.807) is 0 Å². The Hall–Kier alpha value is -2.48. The molecule has 0 radical (unpaired) electrons. The molecule has 4 rings (SSSR count). The van der Waals surface area contributed by atoms with Crippen LogP contribution < -0.4 is 14.9 Å². The van der Waals surface area contributed by atoms with Crippen LogP contribution in [0, 0.1) is 5.82 Å². The van der Waals surface area contributed by atoms with E-state index in [1.807, 2.05) is 12.1 Å². The molecule has 0 bridgehead atoms. The largest absolute Gasteiger partial charge is 0.368 e. The number of hydrogen-bond acceptors (Lipinski definition) is 4. The lowest BCUT2D eigenvalue weighted by atomic mass is 10.00. The van der Waals surface area contributed by atoms with E-state index in [4.69, 9.17) is 0 Å². The van der Waals surface area contributed by atoms with E-state index in [1.165, 1.54) is 29.3 Å². The minimum Gasteiger partial charge on any atom is -0.368 e. The van der Waals surface area contributed by atoms with Gasteiger partial charge in [0, 0.05) is 43.8 Å². The molecule has 0 amide bonds. The van der Waals surface area contributed by atoms with Gasteiger partial charge in [-0.25, -0.2) is 17.5 Å². The number of benzene rings is 3. The fourth-order valence-corrected chi connectivity index (χ4v) is 4.91. The van der Waals surface area contributed by atoms with Crippen molar-refractivity contribution in [2.24, 2.45) is 0 Å². The van der Waals surface area contributed by atoms with Crippen LogP contribution in [0.3, 0.4) is 0 Å². The van der Waals surface area contributed by atoms with Gasteiger partial charge in [0.05, 0.1) is 0 Å². The minimum atomic E-state index is -3.88. The summed E-state index contributed by atoms with van der Waals surface area (Å²) >= 11 is 0. The molecule has 1 aliphatic rings. The topological polar surface area (TPSA) is 61.4 Å². The Morgan fingerprint density at radius 3 is 2.38 bits per heavy atom. The highest BCUT2D eigenvalue weighted by Gasteiger charge is 2.18. The maximum Gasteiger partial charge on any atom is 0.243 e. The first-order valence-corrected chi connectivity index (χ1v) is 11.2. The number of hydrogen-bond donors (Lipinski definition) is 2. The Kier molecular flexibility index (Phi) is 5.80. The number of anilines is 1. The quantitative estimate of drug-likeness (QED) is 0.652. The summed E-state index contributed by atoms with van der Waals surface area (Å²) in [4.78, 5) is 2.06. The Morgan fingerprint density at radius 2 is 1.62 bits per heavy atom. The van der Waals surface area contributed by atoms with Crippen molar-refractivity contribution in [3.8, 4) is 0 Å². The van der Waals surface area contributed by atoms with Gasteiger partial charge in [0.15, 0.2) is 0 Å². The fourth-order valence-electron chi connectivity index (χ4n) is 3.81. The summed E-state index contributed by atoms with van der Waals surface area (Å²) in [6.45, 7) is 4.06. The standard InChI is InChI=1S/C22H24FN3O2S/c23-20-7-3-4-8-22(20)29(27,28)25-12-11-17-9-10-21(26-15-13-24-14-16-26)19-6-2-1-5-18(17)19/h1-10,24-25H,11-16H2. The molecule has 1 aliphatic heterocycles. The summed E-state index contributed by atoms with van der Waals surface area (Å²) in [5, 5.41) is 5.66. The summed E-state index contributed by atoms with van der Waals surface area (Å²) in [7, 11) is -3.88. The van der Waals surface area contributed by atoms with Crippen molar-refractivity contribution in [1.29, 1.82) is 0 Å². The van der Waals surface area contributed by atoms with Crippen LogP contribution in [0.5, 0.6) is 0 Å². The first kappa shape index (κ1) is 19.8. The molecule has 29 heavy (non-hydrogen) atoms. The number of nitrogens with zero attached hydrogens (tertiary/aromatic N) is 1. The Balaban J connectivity index is 1.54. The third-order valence-corrected chi connectivity index (χ3v) is 6.76. The van der Waals surface area contributed by atoms with Crippen LogP contribution in [0.2, 0.25) is 0 Å². The van der Waals surface area contributed by atoms with Crippen molar-refractivity contribution in [2.45, 2.75) is 11.3 Å². The van der Waals surface area contributed by atoms with Crippen molar-refractivity contribution in [3.05, 3.63) is 72.0 Å². The first-order chi connectivity index (χ1) is 14.1. The third kappa shape index (κ3) is 4.27. The predicted molar refractivity (Wildman–Crippen MR) is 114 cm³/mol. The van der Waals surface area contributed by atoms with Crippen LogP contribution in [-0.2, 0) is 16.4 Å². The van der Waals surface area contributed by atoms with Crippen molar-refractivity contribution < 1.29 is 12.8 Å². The molecule has 3 aromatic rings. The van der Waals surface area contributed by atoms with Gasteiger partial charge >= 0.3 is 0 Å². The number of piperazine rings is 1. The third-order valence-electron chi connectivity index (χ3n) is 5.26. The molecule has 0 unspecified atom stereocenters. The molecule has 3 aromatic carbocycles. The average Bonchev–Trinajstić information content (AvgIpc) is 2.74. The van der Waals surface area contributed by atoms with E-state index in [2.05, 4.69) is 39.2 Å². The highest BCUT2D eigenvalue weighted by molar-refractivity contribution is 7.89. The van der Waals surface area contributed by atoms with E-state index in [9.17, 15) is 12.8 Å². The van der Waals surface area contributed by atoms with Crippen molar-refractivity contribution >= 4 is 26.5 Å². The smallest absolute Gasteiger partial charge is 0.243 e. The molecule has 2 N–H and O–H groups in total. The lowest BCUT2D eigenvalue weighted by molar-refractivity contribution is 0.557. The second-order valence-corrected chi connectivity index (χ2v) is 8.84. The summed E-state index contributed by atoms with van der Waals surface area (Å²) in [6.07, 6.45) is 0.524. The van der Waals surface area contributed by atoms with Crippen LogP contribution in [0.4, 0.5) is 10.1 Å². The molecule has 0 saturated carbocycles. The van der Waals surface area contributed by atoms with E-state index >= 15 is 0 Å². The monoisotopic (exact) mass is 413 g/mol. The Bertz CT molecular complexity index is 1110. The fraction of sp³-hybridized carbons (Fsp3) is 0.273. The van der Waals surface area contributed by atoms with Gasteiger partial charge < -0.3 is 10.2 Å². The summed E-state index contributed by atoms with van der Waals surface area (Å²) < 4.78 is 41.2. The molecule has 152 valence electrons. The normalized spacial score (nSPS) is 15.0.